The number of fused-ring (bicyclic) bond motifs is 1. The Morgan fingerprint density at radius 2 is 1.73 bits per heavy atom. The fourth-order valence-electron chi connectivity index (χ4n) is 2.88. The molecule has 4 rings (SSSR count). The Morgan fingerprint density at radius 1 is 0.967 bits per heavy atom. The van der Waals surface area contributed by atoms with Gasteiger partial charge in [0.1, 0.15) is 28.0 Å². The lowest BCUT2D eigenvalue weighted by Crippen LogP contribution is -2.09. The van der Waals surface area contributed by atoms with Gasteiger partial charge in [-0.1, -0.05) is 12.1 Å². The lowest BCUT2D eigenvalue weighted by Gasteiger charge is -2.08. The molecule has 0 aromatic heterocycles. The number of ketones is 1. The van der Waals surface area contributed by atoms with Crippen molar-refractivity contribution in [3.05, 3.63) is 89.4 Å². The van der Waals surface area contributed by atoms with Gasteiger partial charge in [-0.25, -0.2) is 4.39 Å². The molecule has 3 aromatic rings. The van der Waals surface area contributed by atoms with Crippen LogP contribution in [0.3, 0.4) is 0 Å². The molecule has 152 valence electrons. The predicted molar refractivity (Wildman–Crippen MR) is 107 cm³/mol. The highest BCUT2D eigenvalue weighted by atomic mass is 32.2. The molecule has 0 unspecified atom stereocenters. The van der Waals surface area contributed by atoms with Gasteiger partial charge in [-0.05, 0) is 60.2 Å². The summed E-state index contributed by atoms with van der Waals surface area (Å²) in [7, 11) is -2.62. The molecule has 6 nitrogen and oxygen atoms in total. The fourth-order valence-corrected chi connectivity index (χ4v) is 3.80. The van der Waals surface area contributed by atoms with Crippen molar-refractivity contribution in [2.24, 2.45) is 0 Å². The summed E-state index contributed by atoms with van der Waals surface area (Å²) in [4.78, 5) is 12.4. The summed E-state index contributed by atoms with van der Waals surface area (Å²) in [5.74, 6) is -0.0187. The zero-order chi connectivity index (χ0) is 21.3. The van der Waals surface area contributed by atoms with Gasteiger partial charge in [0, 0.05) is 6.07 Å². The van der Waals surface area contributed by atoms with Crippen molar-refractivity contribution in [3.8, 4) is 17.2 Å². The number of allylic oxidation sites excluding steroid dienone is 1. The quantitative estimate of drug-likeness (QED) is 0.449. The van der Waals surface area contributed by atoms with Crippen molar-refractivity contribution >= 4 is 22.0 Å². The third kappa shape index (κ3) is 3.90. The average Bonchev–Trinajstić information content (AvgIpc) is 3.03. The molecular formula is C22H15FO6S. The van der Waals surface area contributed by atoms with E-state index in [-0.39, 0.29) is 33.5 Å². The molecule has 0 spiro atoms. The van der Waals surface area contributed by atoms with Crippen LogP contribution >= 0.6 is 0 Å². The SMILES string of the molecule is COc1cccc(C=C2Oc3cc(OS(=O)(=O)c4ccc(F)cc4)ccc3C2=O)c1. The van der Waals surface area contributed by atoms with Gasteiger partial charge in [-0.3, -0.25) is 4.79 Å². The Labute approximate surface area is 172 Å². The summed E-state index contributed by atoms with van der Waals surface area (Å²) < 4.78 is 53.6. The van der Waals surface area contributed by atoms with E-state index in [0.29, 0.717) is 11.3 Å². The molecule has 0 radical (unpaired) electrons. The van der Waals surface area contributed by atoms with Gasteiger partial charge in [-0.15, -0.1) is 0 Å². The molecule has 30 heavy (non-hydrogen) atoms. The van der Waals surface area contributed by atoms with Crippen molar-refractivity contribution in [2.45, 2.75) is 4.90 Å². The molecule has 0 saturated heterocycles. The highest BCUT2D eigenvalue weighted by Crippen LogP contribution is 2.35. The Kier molecular flexibility index (Phi) is 5.01. The minimum atomic E-state index is -4.17. The summed E-state index contributed by atoms with van der Waals surface area (Å²) in [6, 6.07) is 15.5. The summed E-state index contributed by atoms with van der Waals surface area (Å²) in [6.07, 6.45) is 1.57. The van der Waals surface area contributed by atoms with Crippen LogP contribution in [-0.4, -0.2) is 21.3 Å². The van der Waals surface area contributed by atoms with E-state index in [1.807, 2.05) is 0 Å². The molecule has 0 aliphatic carbocycles. The summed E-state index contributed by atoms with van der Waals surface area (Å²) >= 11 is 0. The second-order valence-electron chi connectivity index (χ2n) is 6.37. The first-order chi connectivity index (χ1) is 14.4. The number of ether oxygens (including phenoxy) is 2. The maximum Gasteiger partial charge on any atom is 0.339 e. The number of halogens is 1. The van der Waals surface area contributed by atoms with Gasteiger partial charge in [-0.2, -0.15) is 8.42 Å². The summed E-state index contributed by atoms with van der Waals surface area (Å²) in [5.41, 5.74) is 0.997. The second kappa shape index (κ2) is 7.64. The number of rotatable bonds is 5. The van der Waals surface area contributed by atoms with Crippen LogP contribution in [0.2, 0.25) is 0 Å². The molecule has 1 aliphatic heterocycles. The van der Waals surface area contributed by atoms with Crippen LogP contribution in [0.15, 0.2) is 77.4 Å². The van der Waals surface area contributed by atoms with Crippen molar-refractivity contribution < 1.29 is 31.3 Å². The third-order valence-corrected chi connectivity index (χ3v) is 5.60. The monoisotopic (exact) mass is 426 g/mol. The minimum Gasteiger partial charge on any atom is -0.497 e. The largest absolute Gasteiger partial charge is 0.497 e. The van der Waals surface area contributed by atoms with Crippen LogP contribution < -0.4 is 13.7 Å². The van der Waals surface area contributed by atoms with E-state index in [1.54, 1.807) is 37.5 Å². The van der Waals surface area contributed by atoms with Crippen LogP contribution in [0.25, 0.3) is 6.08 Å². The topological polar surface area (TPSA) is 78.9 Å². The first-order valence-corrected chi connectivity index (χ1v) is 10.2. The van der Waals surface area contributed by atoms with Crippen molar-refractivity contribution in [1.29, 1.82) is 0 Å². The standard InChI is InChI=1S/C22H15FO6S/c1-27-16-4-2-3-14(11-16)12-21-22(24)19-10-7-17(13-20(19)28-21)29-30(25,26)18-8-5-15(23)6-9-18/h2-13H,1H3. The normalized spacial score (nSPS) is 14.3. The Balaban J connectivity index is 1.59. The second-order valence-corrected chi connectivity index (χ2v) is 7.91. The van der Waals surface area contributed by atoms with E-state index in [4.69, 9.17) is 13.7 Å². The Hall–Kier alpha value is -3.65. The fraction of sp³-hybridized carbons (Fsp3) is 0.0455. The molecule has 1 aliphatic rings. The maximum atomic E-state index is 13.0. The highest BCUT2D eigenvalue weighted by Gasteiger charge is 2.28. The van der Waals surface area contributed by atoms with E-state index in [9.17, 15) is 17.6 Å². The predicted octanol–water partition coefficient (Wildman–Crippen LogP) is 4.22. The van der Waals surface area contributed by atoms with Gasteiger partial charge in [0.15, 0.2) is 5.76 Å². The lowest BCUT2D eigenvalue weighted by molar-refractivity contribution is 0.101. The molecule has 0 fully saturated rings. The molecule has 3 aromatic carbocycles. The molecule has 0 amide bonds. The summed E-state index contributed by atoms with van der Waals surface area (Å²) in [6.45, 7) is 0. The van der Waals surface area contributed by atoms with E-state index < -0.39 is 15.9 Å². The molecule has 0 N–H and O–H groups in total. The molecule has 1 heterocycles. The van der Waals surface area contributed by atoms with E-state index in [1.165, 1.54) is 18.2 Å². The van der Waals surface area contributed by atoms with Crippen LogP contribution in [-0.2, 0) is 10.1 Å². The number of Topliss-reactive ketones (excluding diaryl/α,β-unsaturated/α-hetero) is 1. The Morgan fingerprint density at radius 3 is 2.47 bits per heavy atom. The van der Waals surface area contributed by atoms with Crippen LogP contribution in [0.5, 0.6) is 17.2 Å². The van der Waals surface area contributed by atoms with E-state index in [2.05, 4.69) is 0 Å². The molecule has 0 bridgehead atoms. The van der Waals surface area contributed by atoms with Gasteiger partial charge >= 0.3 is 10.1 Å². The van der Waals surface area contributed by atoms with E-state index >= 15 is 0 Å². The third-order valence-electron chi connectivity index (χ3n) is 4.34. The molecule has 8 heteroatoms. The van der Waals surface area contributed by atoms with Gasteiger partial charge in [0.05, 0.1) is 12.7 Å². The van der Waals surface area contributed by atoms with Crippen LogP contribution in [0.4, 0.5) is 4.39 Å². The lowest BCUT2D eigenvalue weighted by atomic mass is 10.1. The number of carbonyl (C=O) groups is 1. The van der Waals surface area contributed by atoms with Crippen LogP contribution in [0, 0.1) is 5.82 Å². The average molecular weight is 426 g/mol. The van der Waals surface area contributed by atoms with E-state index in [0.717, 1.165) is 24.3 Å². The first-order valence-electron chi connectivity index (χ1n) is 8.78. The van der Waals surface area contributed by atoms with Crippen molar-refractivity contribution in [1.82, 2.24) is 0 Å². The molecule has 0 atom stereocenters. The van der Waals surface area contributed by atoms with Crippen molar-refractivity contribution in [3.63, 3.8) is 0 Å². The number of benzene rings is 3. The maximum absolute atomic E-state index is 13.0. The smallest absolute Gasteiger partial charge is 0.339 e. The zero-order valence-corrected chi connectivity index (χ0v) is 16.5. The Bertz CT molecular complexity index is 1260. The van der Waals surface area contributed by atoms with Crippen molar-refractivity contribution in [2.75, 3.05) is 7.11 Å². The van der Waals surface area contributed by atoms with Gasteiger partial charge in [0.25, 0.3) is 0 Å². The first kappa shape index (κ1) is 19.7. The number of hydrogen-bond donors (Lipinski definition) is 0. The minimum absolute atomic E-state index is 0.0338. The molecular weight excluding hydrogens is 411 g/mol. The number of hydrogen-bond acceptors (Lipinski definition) is 6. The highest BCUT2D eigenvalue weighted by molar-refractivity contribution is 7.87. The zero-order valence-electron chi connectivity index (χ0n) is 15.7. The van der Waals surface area contributed by atoms with Gasteiger partial charge < -0.3 is 13.7 Å². The number of methoxy groups -OCH3 is 1. The molecule has 0 saturated carbocycles. The van der Waals surface area contributed by atoms with Gasteiger partial charge in [0.2, 0.25) is 5.78 Å². The van der Waals surface area contributed by atoms with Crippen LogP contribution in [0.1, 0.15) is 15.9 Å². The number of carbonyl (C=O) groups excluding carboxylic acids is 1. The summed E-state index contributed by atoms with van der Waals surface area (Å²) in [5, 5.41) is 0.